The highest BCUT2D eigenvalue weighted by Crippen LogP contribution is 2.34. The molecule has 2 rings (SSSR count). The van der Waals surface area contributed by atoms with Crippen LogP contribution in [0.3, 0.4) is 0 Å². The molecule has 0 radical (unpaired) electrons. The van der Waals surface area contributed by atoms with Crippen LogP contribution in [-0.2, 0) is 6.54 Å². The molecule has 0 saturated carbocycles. The van der Waals surface area contributed by atoms with Gasteiger partial charge in [0.05, 0.1) is 22.1 Å². The lowest BCUT2D eigenvalue weighted by Crippen LogP contribution is -2.03. The van der Waals surface area contributed by atoms with E-state index >= 15 is 0 Å². The zero-order valence-electron chi connectivity index (χ0n) is 11.1. The lowest BCUT2D eigenvalue weighted by molar-refractivity contribution is -0.383. The monoisotopic (exact) mass is 326 g/mol. The van der Waals surface area contributed by atoms with Gasteiger partial charge in [0, 0.05) is 12.6 Å². The highest BCUT2D eigenvalue weighted by Gasteiger charge is 2.16. The standard InChI is InChI=1S/C14H12Cl2N2O3/c1-21-10-4-2-3-9(5-10)8-17-13-6-11(15)12(16)7-14(13)18(19)20/h2-7,17H,8H2,1H3. The van der Waals surface area contributed by atoms with Crippen LogP contribution in [-0.4, -0.2) is 12.0 Å². The quantitative estimate of drug-likeness (QED) is 0.648. The Morgan fingerprint density at radius 2 is 1.95 bits per heavy atom. The highest BCUT2D eigenvalue weighted by molar-refractivity contribution is 6.42. The number of nitrogens with one attached hydrogen (secondary N) is 1. The molecule has 2 aromatic rings. The molecular formula is C14H12Cl2N2O3. The van der Waals surface area contributed by atoms with Crippen molar-refractivity contribution in [2.75, 3.05) is 12.4 Å². The van der Waals surface area contributed by atoms with Crippen molar-refractivity contribution in [3.05, 3.63) is 62.1 Å². The van der Waals surface area contributed by atoms with Gasteiger partial charge in [-0.2, -0.15) is 0 Å². The maximum atomic E-state index is 11.0. The summed E-state index contributed by atoms with van der Waals surface area (Å²) in [5.41, 5.74) is 1.12. The number of benzene rings is 2. The highest BCUT2D eigenvalue weighted by atomic mass is 35.5. The Kier molecular flexibility index (Phi) is 4.88. The molecule has 5 nitrogen and oxygen atoms in total. The summed E-state index contributed by atoms with van der Waals surface area (Å²) in [6, 6.07) is 10.1. The number of rotatable bonds is 5. The average molecular weight is 327 g/mol. The van der Waals surface area contributed by atoms with Crippen LogP contribution in [0.1, 0.15) is 5.56 Å². The number of nitrogens with zero attached hydrogens (tertiary/aromatic N) is 1. The third kappa shape index (κ3) is 3.77. The van der Waals surface area contributed by atoms with Crippen LogP contribution in [0, 0.1) is 10.1 Å². The topological polar surface area (TPSA) is 64.4 Å². The van der Waals surface area contributed by atoms with Crippen LogP contribution >= 0.6 is 23.2 Å². The predicted molar refractivity (Wildman–Crippen MR) is 83.4 cm³/mol. The molecule has 0 unspecified atom stereocenters. The van der Waals surface area contributed by atoms with Gasteiger partial charge >= 0.3 is 0 Å². The van der Waals surface area contributed by atoms with Gasteiger partial charge in [-0.1, -0.05) is 35.3 Å². The smallest absolute Gasteiger partial charge is 0.293 e. The maximum absolute atomic E-state index is 11.0. The van der Waals surface area contributed by atoms with Crippen LogP contribution in [0.15, 0.2) is 36.4 Å². The van der Waals surface area contributed by atoms with Gasteiger partial charge in [0.1, 0.15) is 11.4 Å². The van der Waals surface area contributed by atoms with Gasteiger partial charge in [-0.3, -0.25) is 10.1 Å². The van der Waals surface area contributed by atoms with E-state index in [4.69, 9.17) is 27.9 Å². The lowest BCUT2D eigenvalue weighted by Gasteiger charge is -2.09. The van der Waals surface area contributed by atoms with Crippen LogP contribution in [0.4, 0.5) is 11.4 Å². The van der Waals surface area contributed by atoms with Gasteiger partial charge in [0.15, 0.2) is 0 Å². The maximum Gasteiger partial charge on any atom is 0.293 e. The predicted octanol–water partition coefficient (Wildman–Crippen LogP) is 4.52. The van der Waals surface area contributed by atoms with Crippen LogP contribution in [0.2, 0.25) is 10.0 Å². The van der Waals surface area contributed by atoms with Crippen LogP contribution in [0.5, 0.6) is 5.75 Å². The fraction of sp³-hybridized carbons (Fsp3) is 0.143. The number of anilines is 1. The molecule has 110 valence electrons. The summed E-state index contributed by atoms with van der Waals surface area (Å²) in [5, 5.41) is 14.4. The summed E-state index contributed by atoms with van der Waals surface area (Å²) in [6.07, 6.45) is 0. The molecule has 0 atom stereocenters. The van der Waals surface area contributed by atoms with Gasteiger partial charge < -0.3 is 10.1 Å². The Morgan fingerprint density at radius 1 is 1.24 bits per heavy atom. The summed E-state index contributed by atoms with van der Waals surface area (Å²) < 4.78 is 5.13. The minimum atomic E-state index is -0.504. The molecule has 0 aliphatic heterocycles. The van der Waals surface area contributed by atoms with Crippen molar-refractivity contribution in [2.24, 2.45) is 0 Å². The molecule has 0 saturated heterocycles. The number of nitro groups is 1. The second-order valence-corrected chi connectivity index (χ2v) is 5.06. The molecule has 1 N–H and O–H groups in total. The van der Waals surface area contributed by atoms with Crippen molar-refractivity contribution >= 4 is 34.6 Å². The summed E-state index contributed by atoms with van der Waals surface area (Å²) in [5.74, 6) is 0.720. The fourth-order valence-electron chi connectivity index (χ4n) is 1.81. The molecule has 0 amide bonds. The van der Waals surface area contributed by atoms with Gasteiger partial charge in [-0.15, -0.1) is 0 Å². The first-order chi connectivity index (χ1) is 10.0. The first kappa shape index (κ1) is 15.4. The molecule has 0 aliphatic rings. The molecule has 0 spiro atoms. The first-order valence-corrected chi connectivity index (χ1v) is 6.77. The fourth-order valence-corrected chi connectivity index (χ4v) is 2.13. The van der Waals surface area contributed by atoms with Crippen molar-refractivity contribution in [2.45, 2.75) is 6.54 Å². The number of hydrogen-bond acceptors (Lipinski definition) is 4. The van der Waals surface area contributed by atoms with Gasteiger partial charge in [0.2, 0.25) is 0 Å². The second-order valence-electron chi connectivity index (χ2n) is 4.25. The molecule has 0 aliphatic carbocycles. The second kappa shape index (κ2) is 6.65. The first-order valence-electron chi connectivity index (χ1n) is 6.01. The zero-order valence-corrected chi connectivity index (χ0v) is 12.6. The molecule has 0 bridgehead atoms. The van der Waals surface area contributed by atoms with E-state index < -0.39 is 4.92 Å². The summed E-state index contributed by atoms with van der Waals surface area (Å²) in [7, 11) is 1.58. The minimum absolute atomic E-state index is 0.118. The number of hydrogen-bond donors (Lipinski definition) is 1. The Morgan fingerprint density at radius 3 is 2.62 bits per heavy atom. The third-order valence-corrected chi connectivity index (χ3v) is 3.57. The van der Waals surface area contributed by atoms with Gasteiger partial charge in [0.25, 0.3) is 5.69 Å². The molecule has 0 fully saturated rings. The molecule has 2 aromatic carbocycles. The summed E-state index contributed by atoms with van der Waals surface area (Å²) in [4.78, 5) is 10.5. The van der Waals surface area contributed by atoms with E-state index in [1.54, 1.807) is 7.11 Å². The van der Waals surface area contributed by atoms with Crippen molar-refractivity contribution in [3.63, 3.8) is 0 Å². The van der Waals surface area contributed by atoms with Crippen molar-refractivity contribution in [1.82, 2.24) is 0 Å². The van der Waals surface area contributed by atoms with E-state index in [9.17, 15) is 10.1 Å². The number of ether oxygens (including phenoxy) is 1. The van der Waals surface area contributed by atoms with Crippen molar-refractivity contribution in [3.8, 4) is 5.75 Å². The van der Waals surface area contributed by atoms with E-state index in [1.165, 1.54) is 12.1 Å². The number of methoxy groups -OCH3 is 1. The van der Waals surface area contributed by atoms with E-state index in [0.29, 0.717) is 12.2 Å². The van der Waals surface area contributed by atoms with E-state index in [0.717, 1.165) is 11.3 Å². The van der Waals surface area contributed by atoms with Crippen LogP contribution < -0.4 is 10.1 Å². The van der Waals surface area contributed by atoms with E-state index in [2.05, 4.69) is 5.32 Å². The van der Waals surface area contributed by atoms with E-state index in [1.807, 2.05) is 24.3 Å². The minimum Gasteiger partial charge on any atom is -0.497 e. The lowest BCUT2D eigenvalue weighted by atomic mass is 10.2. The largest absolute Gasteiger partial charge is 0.497 e. The normalized spacial score (nSPS) is 10.2. The van der Waals surface area contributed by atoms with Crippen molar-refractivity contribution < 1.29 is 9.66 Å². The van der Waals surface area contributed by atoms with E-state index in [-0.39, 0.29) is 15.7 Å². The average Bonchev–Trinajstić information content (AvgIpc) is 2.48. The van der Waals surface area contributed by atoms with Crippen molar-refractivity contribution in [1.29, 1.82) is 0 Å². The molecule has 7 heteroatoms. The Hall–Kier alpha value is -1.98. The Labute approximate surface area is 131 Å². The number of halogens is 2. The third-order valence-electron chi connectivity index (χ3n) is 2.85. The molecule has 21 heavy (non-hydrogen) atoms. The van der Waals surface area contributed by atoms with Crippen LogP contribution in [0.25, 0.3) is 0 Å². The SMILES string of the molecule is COc1cccc(CNc2cc(Cl)c(Cl)cc2[N+](=O)[O-])c1. The van der Waals surface area contributed by atoms with Gasteiger partial charge in [-0.05, 0) is 23.8 Å². The van der Waals surface area contributed by atoms with Gasteiger partial charge in [-0.25, -0.2) is 0 Å². The molecule has 0 aromatic heterocycles. The molecule has 0 heterocycles. The summed E-state index contributed by atoms with van der Waals surface area (Å²) >= 11 is 11.7. The Bertz CT molecular complexity index is 677. The zero-order chi connectivity index (χ0) is 15.4. The Balaban J connectivity index is 2.22. The molecular weight excluding hydrogens is 315 g/mol. The summed E-state index contributed by atoms with van der Waals surface area (Å²) in [6.45, 7) is 0.399. The number of nitro benzene ring substituents is 1.